The molecule has 1 fully saturated rings. The fourth-order valence-electron chi connectivity index (χ4n) is 2.64. The van der Waals surface area contributed by atoms with Crippen LogP contribution in [0.2, 0.25) is 0 Å². The molecule has 0 saturated carbocycles. The summed E-state index contributed by atoms with van der Waals surface area (Å²) in [6.45, 7) is 5.90. The summed E-state index contributed by atoms with van der Waals surface area (Å²) in [6, 6.07) is 4.28. The van der Waals surface area contributed by atoms with Gasteiger partial charge in [0.05, 0.1) is 11.6 Å². The van der Waals surface area contributed by atoms with Crippen LogP contribution in [-0.2, 0) is 4.79 Å². The monoisotopic (exact) mass is 248 g/mol. The molecule has 0 spiro atoms. The van der Waals surface area contributed by atoms with Crippen molar-refractivity contribution in [2.24, 2.45) is 5.92 Å². The summed E-state index contributed by atoms with van der Waals surface area (Å²) in [7, 11) is 0. The van der Waals surface area contributed by atoms with Gasteiger partial charge in [-0.25, -0.2) is 0 Å². The van der Waals surface area contributed by atoms with Crippen LogP contribution < -0.4 is 0 Å². The molecule has 1 aromatic rings. The number of piperidine rings is 1. The Morgan fingerprint density at radius 1 is 1.50 bits per heavy atom. The van der Waals surface area contributed by atoms with Gasteiger partial charge in [-0.05, 0) is 51.4 Å². The Balaban J connectivity index is 2.02. The van der Waals surface area contributed by atoms with Crippen LogP contribution in [0.4, 0.5) is 0 Å². The topological polar surface area (TPSA) is 53.4 Å². The van der Waals surface area contributed by atoms with Crippen LogP contribution in [-0.4, -0.2) is 34.0 Å². The maximum Gasteiger partial charge on any atom is 0.306 e. The molecule has 18 heavy (non-hydrogen) atoms. The van der Waals surface area contributed by atoms with Crippen LogP contribution in [0.5, 0.6) is 0 Å². The Hall–Kier alpha value is -1.42. The smallest absolute Gasteiger partial charge is 0.306 e. The first-order chi connectivity index (χ1) is 8.59. The second-order valence-electron chi connectivity index (χ2n) is 5.03. The number of hydrogen-bond acceptors (Lipinski definition) is 3. The van der Waals surface area contributed by atoms with Gasteiger partial charge in [-0.3, -0.25) is 14.7 Å². The van der Waals surface area contributed by atoms with Crippen molar-refractivity contribution >= 4 is 5.97 Å². The standard InChI is InChI=1S/C14H20N2O2/c1-10-4-3-7-15-13(10)11(2)16-8-5-12(6-9-16)14(17)18/h3-4,7,11-12H,5-6,8-9H2,1-2H3,(H,17,18). The molecule has 1 atom stereocenters. The largest absolute Gasteiger partial charge is 0.481 e. The van der Waals surface area contributed by atoms with Gasteiger partial charge in [0.2, 0.25) is 0 Å². The highest BCUT2D eigenvalue weighted by molar-refractivity contribution is 5.70. The first kappa shape index (κ1) is 13.0. The van der Waals surface area contributed by atoms with E-state index in [1.54, 1.807) is 0 Å². The van der Waals surface area contributed by atoms with Gasteiger partial charge in [-0.2, -0.15) is 0 Å². The van der Waals surface area contributed by atoms with E-state index in [0.29, 0.717) is 0 Å². The Morgan fingerprint density at radius 3 is 2.72 bits per heavy atom. The SMILES string of the molecule is Cc1cccnc1C(C)N1CCC(C(=O)O)CC1. The number of hydrogen-bond donors (Lipinski definition) is 1. The maximum atomic E-state index is 10.9. The predicted octanol–water partition coefficient (Wildman–Crippen LogP) is 2.25. The molecule has 0 aliphatic carbocycles. The molecule has 98 valence electrons. The van der Waals surface area contributed by atoms with Gasteiger partial charge in [-0.1, -0.05) is 6.07 Å². The summed E-state index contributed by atoms with van der Waals surface area (Å²) in [6.07, 6.45) is 3.31. The highest BCUT2D eigenvalue weighted by Crippen LogP contribution is 2.26. The molecular formula is C14H20N2O2. The van der Waals surface area contributed by atoms with E-state index in [1.165, 1.54) is 5.56 Å². The molecule has 0 bridgehead atoms. The van der Waals surface area contributed by atoms with Crippen LogP contribution in [0.25, 0.3) is 0 Å². The highest BCUT2D eigenvalue weighted by atomic mass is 16.4. The average molecular weight is 248 g/mol. The third-order valence-corrected chi connectivity index (χ3v) is 3.87. The molecule has 1 unspecified atom stereocenters. The lowest BCUT2D eigenvalue weighted by molar-refractivity contribution is -0.143. The second-order valence-corrected chi connectivity index (χ2v) is 5.03. The Bertz CT molecular complexity index is 426. The zero-order chi connectivity index (χ0) is 13.1. The van der Waals surface area contributed by atoms with Crippen molar-refractivity contribution in [3.63, 3.8) is 0 Å². The molecule has 1 aliphatic heterocycles. The van der Waals surface area contributed by atoms with Crippen LogP contribution >= 0.6 is 0 Å². The van der Waals surface area contributed by atoms with E-state index >= 15 is 0 Å². The number of likely N-dealkylation sites (tertiary alicyclic amines) is 1. The predicted molar refractivity (Wildman–Crippen MR) is 69.3 cm³/mol. The molecule has 1 aliphatic rings. The van der Waals surface area contributed by atoms with Crippen molar-refractivity contribution in [3.8, 4) is 0 Å². The van der Waals surface area contributed by atoms with Gasteiger partial charge in [0.1, 0.15) is 0 Å². The molecular weight excluding hydrogens is 228 g/mol. The number of nitrogens with zero attached hydrogens (tertiary/aromatic N) is 2. The number of carbonyl (C=O) groups is 1. The van der Waals surface area contributed by atoms with Crippen molar-refractivity contribution in [2.75, 3.05) is 13.1 Å². The summed E-state index contributed by atoms with van der Waals surface area (Å²) >= 11 is 0. The average Bonchev–Trinajstić information content (AvgIpc) is 2.38. The quantitative estimate of drug-likeness (QED) is 0.891. The summed E-state index contributed by atoms with van der Waals surface area (Å²) in [4.78, 5) is 17.7. The molecule has 2 rings (SSSR count). The third kappa shape index (κ3) is 2.70. The summed E-state index contributed by atoms with van der Waals surface area (Å²) in [5.74, 6) is -0.824. The van der Waals surface area contributed by atoms with E-state index in [9.17, 15) is 4.79 Å². The fraction of sp³-hybridized carbons (Fsp3) is 0.571. The van der Waals surface area contributed by atoms with Gasteiger partial charge in [0.25, 0.3) is 0 Å². The molecule has 4 nitrogen and oxygen atoms in total. The van der Waals surface area contributed by atoms with E-state index in [1.807, 2.05) is 12.3 Å². The van der Waals surface area contributed by atoms with Gasteiger partial charge in [0.15, 0.2) is 0 Å². The second kappa shape index (κ2) is 5.48. The van der Waals surface area contributed by atoms with Crippen LogP contribution in [0, 0.1) is 12.8 Å². The van der Waals surface area contributed by atoms with Crippen molar-refractivity contribution in [3.05, 3.63) is 29.6 Å². The van der Waals surface area contributed by atoms with E-state index in [2.05, 4.69) is 29.8 Å². The van der Waals surface area contributed by atoms with Crippen molar-refractivity contribution in [2.45, 2.75) is 32.7 Å². The van der Waals surface area contributed by atoms with Crippen molar-refractivity contribution in [1.29, 1.82) is 0 Å². The van der Waals surface area contributed by atoms with Gasteiger partial charge in [-0.15, -0.1) is 0 Å². The van der Waals surface area contributed by atoms with Crippen LogP contribution in [0.1, 0.15) is 37.1 Å². The van der Waals surface area contributed by atoms with E-state index < -0.39 is 5.97 Å². The van der Waals surface area contributed by atoms with Gasteiger partial charge in [0, 0.05) is 12.2 Å². The third-order valence-electron chi connectivity index (χ3n) is 3.87. The van der Waals surface area contributed by atoms with E-state index in [-0.39, 0.29) is 12.0 Å². The maximum absolute atomic E-state index is 10.9. The van der Waals surface area contributed by atoms with Gasteiger partial charge >= 0.3 is 5.97 Å². The number of carboxylic acid groups (broad SMARTS) is 1. The molecule has 4 heteroatoms. The van der Waals surface area contributed by atoms with Crippen LogP contribution in [0.3, 0.4) is 0 Å². The molecule has 1 N–H and O–H groups in total. The lowest BCUT2D eigenvalue weighted by Gasteiger charge is -2.34. The van der Waals surface area contributed by atoms with E-state index in [4.69, 9.17) is 5.11 Å². The minimum Gasteiger partial charge on any atom is -0.481 e. The van der Waals surface area contributed by atoms with Crippen LogP contribution in [0.15, 0.2) is 18.3 Å². The molecule has 1 saturated heterocycles. The lowest BCUT2D eigenvalue weighted by atomic mass is 9.95. The Labute approximate surface area is 108 Å². The number of aryl methyl sites for hydroxylation is 1. The van der Waals surface area contributed by atoms with E-state index in [0.717, 1.165) is 31.6 Å². The number of aromatic nitrogens is 1. The zero-order valence-electron chi connectivity index (χ0n) is 11.0. The molecule has 1 aromatic heterocycles. The Morgan fingerprint density at radius 2 is 2.17 bits per heavy atom. The lowest BCUT2D eigenvalue weighted by Crippen LogP contribution is -2.38. The van der Waals surface area contributed by atoms with Gasteiger partial charge < -0.3 is 5.11 Å². The molecule has 2 heterocycles. The normalized spacial score (nSPS) is 19.7. The summed E-state index contributed by atoms with van der Waals surface area (Å²) in [5.41, 5.74) is 2.30. The molecule has 0 aromatic carbocycles. The molecule has 0 radical (unpaired) electrons. The highest BCUT2D eigenvalue weighted by Gasteiger charge is 2.28. The number of carboxylic acids is 1. The summed E-state index contributed by atoms with van der Waals surface area (Å²) in [5, 5.41) is 8.99. The van der Waals surface area contributed by atoms with Crippen molar-refractivity contribution < 1.29 is 9.90 Å². The first-order valence-corrected chi connectivity index (χ1v) is 6.48. The zero-order valence-corrected chi connectivity index (χ0v) is 11.0. The summed E-state index contributed by atoms with van der Waals surface area (Å²) < 4.78 is 0. The molecule has 0 amide bonds. The number of rotatable bonds is 3. The van der Waals surface area contributed by atoms with Crippen molar-refractivity contribution in [1.82, 2.24) is 9.88 Å². The fourth-order valence-corrected chi connectivity index (χ4v) is 2.64. The number of pyridine rings is 1. The minimum absolute atomic E-state index is 0.168. The first-order valence-electron chi connectivity index (χ1n) is 6.48. The number of aliphatic carboxylic acids is 1. The Kier molecular flexibility index (Phi) is 3.97. The minimum atomic E-state index is -0.656.